The highest BCUT2D eigenvalue weighted by molar-refractivity contribution is 14.0. The minimum atomic E-state index is 0. The summed E-state index contributed by atoms with van der Waals surface area (Å²) in [6, 6.07) is 0. The Morgan fingerprint density at radius 1 is 1.30 bits per heavy atom. The molecule has 4 nitrogen and oxygen atoms in total. The number of nitrogens with zero attached hydrogens (tertiary/aromatic N) is 2. The zero-order valence-electron chi connectivity index (χ0n) is 13.6. The topological polar surface area (TPSA) is 39.7 Å². The van der Waals surface area contributed by atoms with Gasteiger partial charge in [-0.05, 0) is 44.7 Å². The number of nitrogens with one attached hydrogen (secondary N) is 2. The average Bonchev–Trinajstić information content (AvgIpc) is 2.83. The van der Waals surface area contributed by atoms with E-state index < -0.39 is 0 Å². The number of likely N-dealkylation sites (tertiary alicyclic amines) is 1. The Balaban J connectivity index is 0.00000361. The molecule has 0 amide bonds. The molecule has 1 atom stereocenters. The Labute approximate surface area is 142 Å². The number of hydrogen-bond donors (Lipinski definition) is 2. The fraction of sp³-hybridized carbons (Fsp3) is 0.933. The van der Waals surface area contributed by atoms with Gasteiger partial charge in [0.05, 0.1) is 0 Å². The van der Waals surface area contributed by atoms with E-state index in [2.05, 4.69) is 43.2 Å². The third-order valence-electron chi connectivity index (χ3n) is 3.68. The van der Waals surface area contributed by atoms with Crippen molar-refractivity contribution >= 4 is 29.9 Å². The molecule has 0 saturated carbocycles. The van der Waals surface area contributed by atoms with Crippen LogP contribution in [0.1, 0.15) is 40.5 Å². The highest BCUT2D eigenvalue weighted by Crippen LogP contribution is 2.15. The predicted molar refractivity (Wildman–Crippen MR) is 99.1 cm³/mol. The molecule has 0 aromatic heterocycles. The summed E-state index contributed by atoms with van der Waals surface area (Å²) in [5, 5.41) is 6.76. The smallest absolute Gasteiger partial charge is 0.191 e. The largest absolute Gasteiger partial charge is 0.357 e. The Morgan fingerprint density at radius 3 is 2.60 bits per heavy atom. The van der Waals surface area contributed by atoms with Gasteiger partial charge in [0.25, 0.3) is 0 Å². The molecule has 0 aromatic carbocycles. The van der Waals surface area contributed by atoms with Crippen LogP contribution in [-0.4, -0.2) is 50.1 Å². The van der Waals surface area contributed by atoms with E-state index in [1.807, 2.05) is 0 Å². The first kappa shape index (κ1) is 20.0. The summed E-state index contributed by atoms with van der Waals surface area (Å²) in [6.45, 7) is 15.4. The summed E-state index contributed by atoms with van der Waals surface area (Å²) in [4.78, 5) is 7.24. The minimum Gasteiger partial charge on any atom is -0.357 e. The van der Waals surface area contributed by atoms with Crippen LogP contribution in [0.3, 0.4) is 0 Å². The van der Waals surface area contributed by atoms with Gasteiger partial charge >= 0.3 is 0 Å². The van der Waals surface area contributed by atoms with Gasteiger partial charge in [0.15, 0.2) is 5.96 Å². The minimum absolute atomic E-state index is 0. The fourth-order valence-electron chi connectivity index (χ4n) is 2.39. The second-order valence-corrected chi connectivity index (χ2v) is 5.88. The molecule has 1 fully saturated rings. The molecular formula is C15H33IN4. The van der Waals surface area contributed by atoms with E-state index in [-0.39, 0.29) is 24.0 Å². The van der Waals surface area contributed by atoms with E-state index >= 15 is 0 Å². The van der Waals surface area contributed by atoms with Crippen LogP contribution in [0.4, 0.5) is 0 Å². The molecule has 1 saturated heterocycles. The fourth-order valence-corrected chi connectivity index (χ4v) is 2.39. The lowest BCUT2D eigenvalue weighted by molar-refractivity contribution is 0.343. The van der Waals surface area contributed by atoms with E-state index in [4.69, 9.17) is 4.99 Å². The first-order chi connectivity index (χ1) is 9.15. The van der Waals surface area contributed by atoms with Crippen molar-refractivity contribution in [3.05, 3.63) is 0 Å². The van der Waals surface area contributed by atoms with E-state index in [1.165, 1.54) is 32.5 Å². The number of guanidine groups is 1. The molecule has 120 valence electrons. The van der Waals surface area contributed by atoms with Crippen molar-refractivity contribution in [2.75, 3.05) is 39.3 Å². The van der Waals surface area contributed by atoms with Crippen LogP contribution in [-0.2, 0) is 0 Å². The van der Waals surface area contributed by atoms with Crippen molar-refractivity contribution < 1.29 is 0 Å². The van der Waals surface area contributed by atoms with Gasteiger partial charge in [-0.1, -0.05) is 20.8 Å². The molecule has 1 rings (SSSR count). The molecule has 20 heavy (non-hydrogen) atoms. The maximum Gasteiger partial charge on any atom is 0.191 e. The molecule has 0 bridgehead atoms. The highest BCUT2D eigenvalue weighted by Gasteiger charge is 2.20. The van der Waals surface area contributed by atoms with Gasteiger partial charge in [-0.3, -0.25) is 4.99 Å². The van der Waals surface area contributed by atoms with Crippen molar-refractivity contribution in [1.82, 2.24) is 15.5 Å². The van der Waals surface area contributed by atoms with Crippen molar-refractivity contribution in [3.63, 3.8) is 0 Å². The normalized spacial score (nSPS) is 20.1. The maximum absolute atomic E-state index is 4.73. The van der Waals surface area contributed by atoms with Crippen molar-refractivity contribution in [2.24, 2.45) is 16.8 Å². The third-order valence-corrected chi connectivity index (χ3v) is 3.68. The molecule has 5 heteroatoms. The van der Waals surface area contributed by atoms with Crippen LogP contribution in [0, 0.1) is 11.8 Å². The number of halogens is 1. The number of aliphatic imine (C=N–C) groups is 1. The average molecular weight is 396 g/mol. The monoisotopic (exact) mass is 396 g/mol. The maximum atomic E-state index is 4.73. The summed E-state index contributed by atoms with van der Waals surface area (Å²) in [5.74, 6) is 2.46. The van der Waals surface area contributed by atoms with Gasteiger partial charge in [-0.15, -0.1) is 24.0 Å². The molecule has 0 aromatic rings. The van der Waals surface area contributed by atoms with Crippen molar-refractivity contribution in [1.29, 1.82) is 0 Å². The molecule has 0 radical (unpaired) electrons. The van der Waals surface area contributed by atoms with E-state index in [0.717, 1.165) is 37.4 Å². The number of rotatable bonds is 7. The zero-order chi connectivity index (χ0) is 14.1. The summed E-state index contributed by atoms with van der Waals surface area (Å²) >= 11 is 0. The van der Waals surface area contributed by atoms with Gasteiger partial charge in [-0.25, -0.2) is 0 Å². The quantitative estimate of drug-likeness (QED) is 0.395. The Bertz CT molecular complexity index is 269. The summed E-state index contributed by atoms with van der Waals surface area (Å²) in [5.41, 5.74) is 0. The lowest BCUT2D eigenvalue weighted by atomic mass is 10.1. The van der Waals surface area contributed by atoms with Gasteiger partial charge in [0, 0.05) is 26.2 Å². The molecule has 0 spiro atoms. The van der Waals surface area contributed by atoms with E-state index in [9.17, 15) is 0 Å². The number of hydrogen-bond acceptors (Lipinski definition) is 2. The molecule has 1 unspecified atom stereocenters. The lowest BCUT2D eigenvalue weighted by Crippen LogP contribution is -2.38. The Hall–Kier alpha value is -0.0400. The zero-order valence-corrected chi connectivity index (χ0v) is 15.9. The summed E-state index contributed by atoms with van der Waals surface area (Å²) < 4.78 is 0. The first-order valence-corrected chi connectivity index (χ1v) is 7.90. The second kappa shape index (κ2) is 11.6. The van der Waals surface area contributed by atoms with Crippen LogP contribution < -0.4 is 10.6 Å². The summed E-state index contributed by atoms with van der Waals surface area (Å²) in [6.07, 6.45) is 2.49. The van der Waals surface area contributed by atoms with Crippen molar-refractivity contribution in [3.8, 4) is 0 Å². The predicted octanol–water partition coefficient (Wildman–Crippen LogP) is 2.55. The molecular weight excluding hydrogens is 363 g/mol. The van der Waals surface area contributed by atoms with Gasteiger partial charge in [0.2, 0.25) is 0 Å². The standard InChI is InChI=1S/C15H32N4.HI/c1-5-16-15(17-9-7-13(3)4)18-11-14-8-10-19(6-2)12-14;/h13-14H,5-12H2,1-4H3,(H2,16,17,18);1H. The van der Waals surface area contributed by atoms with Crippen LogP contribution in [0.25, 0.3) is 0 Å². The SMILES string of the molecule is CCNC(=NCC1CCN(CC)C1)NCCC(C)C.I. The molecule has 2 N–H and O–H groups in total. The van der Waals surface area contributed by atoms with Crippen LogP contribution in [0.15, 0.2) is 4.99 Å². The van der Waals surface area contributed by atoms with Gasteiger partial charge < -0.3 is 15.5 Å². The third kappa shape index (κ3) is 8.29. The second-order valence-electron chi connectivity index (χ2n) is 5.88. The first-order valence-electron chi connectivity index (χ1n) is 7.90. The van der Waals surface area contributed by atoms with E-state index in [0.29, 0.717) is 0 Å². The lowest BCUT2D eigenvalue weighted by Gasteiger charge is -2.14. The molecule has 0 aliphatic carbocycles. The molecule has 1 aliphatic rings. The van der Waals surface area contributed by atoms with Crippen LogP contribution in [0.2, 0.25) is 0 Å². The van der Waals surface area contributed by atoms with Crippen LogP contribution in [0.5, 0.6) is 0 Å². The van der Waals surface area contributed by atoms with Crippen molar-refractivity contribution in [2.45, 2.75) is 40.5 Å². The molecule has 1 aliphatic heterocycles. The highest BCUT2D eigenvalue weighted by atomic mass is 127. The Kier molecular flexibility index (Phi) is 11.6. The summed E-state index contributed by atoms with van der Waals surface area (Å²) in [7, 11) is 0. The van der Waals surface area contributed by atoms with Gasteiger partial charge in [0.1, 0.15) is 0 Å². The Morgan fingerprint density at radius 2 is 2.05 bits per heavy atom. The van der Waals surface area contributed by atoms with E-state index in [1.54, 1.807) is 0 Å². The van der Waals surface area contributed by atoms with Crippen LogP contribution >= 0.6 is 24.0 Å². The molecule has 1 heterocycles. The van der Waals surface area contributed by atoms with Gasteiger partial charge in [-0.2, -0.15) is 0 Å².